The fraction of sp³-hybridized carbons (Fsp3) is 0.0952. The third-order valence-corrected chi connectivity index (χ3v) is 5.81. The molecule has 3 heterocycles. The van der Waals surface area contributed by atoms with E-state index in [9.17, 15) is 4.79 Å². The van der Waals surface area contributed by atoms with Crippen LogP contribution in [0.25, 0.3) is 20.7 Å². The van der Waals surface area contributed by atoms with Crippen molar-refractivity contribution in [1.82, 2.24) is 9.97 Å². The first-order valence-corrected chi connectivity index (χ1v) is 9.65. The molecule has 0 bridgehead atoms. The SMILES string of the molecule is NC(=O)[C@H]1CN(c2ncnc3sc(-c4ccccc4)cc23)c2ccccc2O1. The molecule has 1 aliphatic rings. The average molecular weight is 388 g/mol. The van der Waals surface area contributed by atoms with Crippen LogP contribution in [0.1, 0.15) is 0 Å². The normalized spacial score (nSPS) is 15.9. The Bertz CT molecular complexity index is 1180. The predicted octanol–water partition coefficient (Wildman–Crippen LogP) is 3.74. The number of para-hydroxylation sites is 2. The maximum atomic E-state index is 11.8. The number of anilines is 2. The summed E-state index contributed by atoms with van der Waals surface area (Å²) in [5, 5.41) is 0.936. The molecule has 0 fully saturated rings. The van der Waals surface area contributed by atoms with Gasteiger partial charge in [0.25, 0.3) is 5.91 Å². The highest BCUT2D eigenvalue weighted by molar-refractivity contribution is 7.21. The van der Waals surface area contributed by atoms with Crippen molar-refractivity contribution in [3.05, 3.63) is 67.0 Å². The molecule has 0 radical (unpaired) electrons. The van der Waals surface area contributed by atoms with Gasteiger partial charge in [0.05, 0.1) is 17.6 Å². The highest BCUT2D eigenvalue weighted by Gasteiger charge is 2.31. The number of nitrogens with zero attached hydrogens (tertiary/aromatic N) is 3. The van der Waals surface area contributed by atoms with Crippen LogP contribution in [0.2, 0.25) is 0 Å². The molecule has 4 aromatic rings. The van der Waals surface area contributed by atoms with E-state index in [1.807, 2.05) is 47.4 Å². The van der Waals surface area contributed by atoms with Crippen molar-refractivity contribution in [1.29, 1.82) is 0 Å². The van der Waals surface area contributed by atoms with E-state index < -0.39 is 12.0 Å². The van der Waals surface area contributed by atoms with Gasteiger partial charge in [-0.2, -0.15) is 0 Å². The predicted molar refractivity (Wildman–Crippen MR) is 110 cm³/mol. The molecule has 28 heavy (non-hydrogen) atoms. The molecule has 2 N–H and O–H groups in total. The second-order valence-electron chi connectivity index (χ2n) is 6.48. The van der Waals surface area contributed by atoms with Crippen molar-refractivity contribution in [3.8, 4) is 16.2 Å². The van der Waals surface area contributed by atoms with E-state index >= 15 is 0 Å². The number of thiophene rings is 1. The number of amides is 1. The van der Waals surface area contributed by atoms with Gasteiger partial charge in [0.15, 0.2) is 6.10 Å². The maximum absolute atomic E-state index is 11.8. The molecule has 1 aliphatic heterocycles. The standard InChI is InChI=1S/C21H16N4O2S/c22-19(26)17-11-25(15-8-4-5-9-16(15)27-17)20-14-10-18(13-6-2-1-3-7-13)28-21(14)24-12-23-20/h1-10,12,17H,11H2,(H2,22,26)/t17-/m1/s1. The van der Waals surface area contributed by atoms with E-state index in [1.54, 1.807) is 17.7 Å². The molecule has 2 aromatic carbocycles. The number of carbonyl (C=O) groups is 1. The van der Waals surface area contributed by atoms with E-state index in [0.717, 1.165) is 32.2 Å². The molecule has 0 saturated heterocycles. The summed E-state index contributed by atoms with van der Waals surface area (Å²) >= 11 is 1.62. The van der Waals surface area contributed by atoms with Gasteiger partial charge < -0.3 is 15.4 Å². The van der Waals surface area contributed by atoms with Crippen LogP contribution in [0.4, 0.5) is 11.5 Å². The number of nitrogens with two attached hydrogens (primary N) is 1. The minimum Gasteiger partial charge on any atom is -0.477 e. The number of hydrogen-bond acceptors (Lipinski definition) is 6. The molecule has 1 atom stereocenters. The van der Waals surface area contributed by atoms with Crippen LogP contribution in [0.5, 0.6) is 5.75 Å². The number of primary amides is 1. The number of aromatic nitrogens is 2. The van der Waals surface area contributed by atoms with Crippen LogP contribution < -0.4 is 15.4 Å². The first-order valence-electron chi connectivity index (χ1n) is 8.83. The fourth-order valence-corrected chi connectivity index (χ4v) is 4.38. The highest BCUT2D eigenvalue weighted by Crippen LogP contribution is 2.42. The Morgan fingerprint density at radius 1 is 1.11 bits per heavy atom. The monoisotopic (exact) mass is 388 g/mol. The zero-order valence-corrected chi connectivity index (χ0v) is 15.6. The molecule has 7 heteroatoms. The molecule has 6 nitrogen and oxygen atoms in total. The zero-order chi connectivity index (χ0) is 19.1. The van der Waals surface area contributed by atoms with E-state index in [4.69, 9.17) is 10.5 Å². The number of rotatable bonds is 3. The van der Waals surface area contributed by atoms with Gasteiger partial charge in [-0.25, -0.2) is 9.97 Å². The van der Waals surface area contributed by atoms with Gasteiger partial charge in [0.1, 0.15) is 22.7 Å². The molecule has 138 valence electrons. The highest BCUT2D eigenvalue weighted by atomic mass is 32.1. The van der Waals surface area contributed by atoms with Crippen LogP contribution in [0.15, 0.2) is 67.0 Å². The lowest BCUT2D eigenvalue weighted by atomic mass is 10.1. The first kappa shape index (κ1) is 16.7. The molecule has 2 aromatic heterocycles. The second kappa shape index (κ2) is 6.61. The number of hydrogen-bond donors (Lipinski definition) is 1. The quantitative estimate of drug-likeness (QED) is 0.578. The van der Waals surface area contributed by atoms with Gasteiger partial charge in [-0.1, -0.05) is 42.5 Å². The molecule has 0 unspecified atom stereocenters. The molecule has 0 aliphatic carbocycles. The Morgan fingerprint density at radius 3 is 2.71 bits per heavy atom. The summed E-state index contributed by atoms with van der Waals surface area (Å²) in [5.74, 6) is 0.855. The van der Waals surface area contributed by atoms with Gasteiger partial charge >= 0.3 is 0 Å². The maximum Gasteiger partial charge on any atom is 0.260 e. The number of fused-ring (bicyclic) bond motifs is 2. The van der Waals surface area contributed by atoms with Crippen LogP contribution in [0.3, 0.4) is 0 Å². The lowest BCUT2D eigenvalue weighted by Crippen LogP contribution is -2.45. The summed E-state index contributed by atoms with van der Waals surface area (Å²) in [6.07, 6.45) is 0.812. The smallest absolute Gasteiger partial charge is 0.260 e. The summed E-state index contributed by atoms with van der Waals surface area (Å²) in [5.41, 5.74) is 7.52. The van der Waals surface area contributed by atoms with Crippen molar-refractivity contribution in [2.24, 2.45) is 5.73 Å². The van der Waals surface area contributed by atoms with Crippen molar-refractivity contribution in [3.63, 3.8) is 0 Å². The second-order valence-corrected chi connectivity index (χ2v) is 7.51. The zero-order valence-electron chi connectivity index (χ0n) is 14.8. The summed E-state index contributed by atoms with van der Waals surface area (Å²) in [6.45, 7) is 0.301. The fourth-order valence-electron chi connectivity index (χ4n) is 3.39. The van der Waals surface area contributed by atoms with E-state index in [1.165, 1.54) is 0 Å². The van der Waals surface area contributed by atoms with Crippen LogP contribution >= 0.6 is 11.3 Å². The number of ether oxygens (including phenoxy) is 1. The number of carbonyl (C=O) groups excluding carboxylic acids is 1. The summed E-state index contributed by atoms with van der Waals surface area (Å²) < 4.78 is 5.77. The summed E-state index contributed by atoms with van der Waals surface area (Å²) in [7, 11) is 0. The Morgan fingerprint density at radius 2 is 1.89 bits per heavy atom. The van der Waals surface area contributed by atoms with Crippen molar-refractivity contribution >= 4 is 39.0 Å². The van der Waals surface area contributed by atoms with Gasteiger partial charge in [-0.05, 0) is 23.8 Å². The largest absolute Gasteiger partial charge is 0.477 e. The van der Waals surface area contributed by atoms with Crippen molar-refractivity contribution < 1.29 is 9.53 Å². The molecular formula is C21H16N4O2S. The minimum atomic E-state index is -0.743. The van der Waals surface area contributed by atoms with Crippen LogP contribution in [-0.2, 0) is 4.79 Å². The number of benzene rings is 2. The van der Waals surface area contributed by atoms with Gasteiger partial charge in [-0.3, -0.25) is 4.79 Å². The van der Waals surface area contributed by atoms with E-state index in [-0.39, 0.29) is 0 Å². The Kier molecular flexibility index (Phi) is 3.95. The molecule has 0 saturated carbocycles. The Balaban J connectivity index is 1.66. The topological polar surface area (TPSA) is 81.3 Å². The Labute approximate surface area is 165 Å². The molecule has 0 spiro atoms. The summed E-state index contributed by atoms with van der Waals surface area (Å²) in [4.78, 5) is 24.8. The average Bonchev–Trinajstić information content (AvgIpc) is 3.18. The molecule has 1 amide bonds. The lowest BCUT2D eigenvalue weighted by Gasteiger charge is -2.34. The van der Waals surface area contributed by atoms with Gasteiger partial charge in [0, 0.05) is 4.88 Å². The van der Waals surface area contributed by atoms with Crippen LogP contribution in [0, 0.1) is 0 Å². The first-order chi connectivity index (χ1) is 13.7. The summed E-state index contributed by atoms with van der Waals surface area (Å²) in [6, 6.07) is 19.9. The van der Waals surface area contributed by atoms with E-state index in [2.05, 4.69) is 28.2 Å². The van der Waals surface area contributed by atoms with E-state index in [0.29, 0.717) is 12.3 Å². The van der Waals surface area contributed by atoms with Gasteiger partial charge in [-0.15, -0.1) is 11.3 Å². The molecular weight excluding hydrogens is 372 g/mol. The minimum absolute atomic E-state index is 0.301. The molecule has 5 rings (SSSR count). The Hall–Kier alpha value is -3.45. The third kappa shape index (κ3) is 2.76. The van der Waals surface area contributed by atoms with Crippen molar-refractivity contribution in [2.45, 2.75) is 6.10 Å². The third-order valence-electron chi connectivity index (χ3n) is 4.71. The van der Waals surface area contributed by atoms with Gasteiger partial charge in [0.2, 0.25) is 0 Å². The lowest BCUT2D eigenvalue weighted by molar-refractivity contribution is -0.124. The van der Waals surface area contributed by atoms with Crippen LogP contribution in [-0.4, -0.2) is 28.5 Å². The van der Waals surface area contributed by atoms with Crippen molar-refractivity contribution in [2.75, 3.05) is 11.4 Å².